The summed E-state index contributed by atoms with van der Waals surface area (Å²) in [5.41, 5.74) is 1.90. The smallest absolute Gasteiger partial charge is 0.326 e. The van der Waals surface area contributed by atoms with Crippen molar-refractivity contribution in [3.63, 3.8) is 0 Å². The third-order valence-corrected chi connectivity index (χ3v) is 4.72. The van der Waals surface area contributed by atoms with Crippen molar-refractivity contribution >= 4 is 28.5 Å². The summed E-state index contributed by atoms with van der Waals surface area (Å²) in [5, 5.41) is 17.7. The fourth-order valence-electron chi connectivity index (χ4n) is 3.26. The molecule has 26 heavy (non-hydrogen) atoms. The van der Waals surface area contributed by atoms with Crippen LogP contribution in [0.1, 0.15) is 19.3 Å². The van der Waals surface area contributed by atoms with Crippen LogP contribution in [0.5, 0.6) is 0 Å². The van der Waals surface area contributed by atoms with Gasteiger partial charge < -0.3 is 15.0 Å². The fourth-order valence-corrected chi connectivity index (χ4v) is 3.26. The quantitative estimate of drug-likeness (QED) is 0.618. The molecular formula is C17H24N8O. The normalized spacial score (nSPS) is 23.4. The third kappa shape index (κ3) is 3.23. The van der Waals surface area contributed by atoms with Gasteiger partial charge in [0.05, 0.1) is 11.7 Å². The van der Waals surface area contributed by atoms with Gasteiger partial charge in [-0.15, -0.1) is 0 Å². The zero-order valence-electron chi connectivity index (χ0n) is 15.0. The number of guanidine groups is 2. The number of nitrogens with one attached hydrogen (secondary N) is 4. The Bertz CT molecular complexity index is 832. The molecule has 1 atom stereocenters. The topological polar surface area (TPSA) is 102 Å². The second kappa shape index (κ2) is 6.93. The summed E-state index contributed by atoms with van der Waals surface area (Å²) in [7, 11) is 3.38. The predicted molar refractivity (Wildman–Crippen MR) is 102 cm³/mol. The predicted octanol–water partition coefficient (Wildman–Crippen LogP) is 1.25. The first kappa shape index (κ1) is 16.8. The van der Waals surface area contributed by atoms with Crippen LogP contribution >= 0.6 is 0 Å². The molecule has 3 heterocycles. The van der Waals surface area contributed by atoms with E-state index >= 15 is 0 Å². The highest BCUT2D eigenvalue weighted by Gasteiger charge is 2.34. The molecule has 4 rings (SSSR count). The summed E-state index contributed by atoms with van der Waals surface area (Å²) < 4.78 is 5.57. The van der Waals surface area contributed by atoms with Crippen LogP contribution in [-0.4, -0.2) is 60.2 Å². The Labute approximate surface area is 151 Å². The van der Waals surface area contributed by atoms with Crippen LogP contribution in [0.25, 0.3) is 10.9 Å². The maximum atomic E-state index is 5.57. The van der Waals surface area contributed by atoms with Gasteiger partial charge in [0.25, 0.3) is 0 Å². The number of benzene rings is 1. The van der Waals surface area contributed by atoms with Crippen molar-refractivity contribution in [3.8, 4) is 0 Å². The molecule has 0 amide bonds. The Morgan fingerprint density at radius 3 is 2.81 bits per heavy atom. The van der Waals surface area contributed by atoms with Crippen LogP contribution in [0.3, 0.4) is 0 Å². The molecule has 0 aliphatic carbocycles. The monoisotopic (exact) mass is 356 g/mol. The number of hydrogen-bond acceptors (Lipinski definition) is 8. The van der Waals surface area contributed by atoms with Crippen molar-refractivity contribution in [3.05, 3.63) is 24.4 Å². The van der Waals surface area contributed by atoms with Gasteiger partial charge in [-0.2, -0.15) is 15.1 Å². The van der Waals surface area contributed by atoms with Crippen LogP contribution in [0, 0.1) is 0 Å². The number of fused-ring (bicyclic) bond motifs is 1. The summed E-state index contributed by atoms with van der Waals surface area (Å²) in [5.74, 6) is 0.211. The molecule has 138 valence electrons. The van der Waals surface area contributed by atoms with Gasteiger partial charge in [0.2, 0.25) is 11.9 Å². The van der Waals surface area contributed by atoms with Crippen LogP contribution in [-0.2, 0) is 4.74 Å². The largest absolute Gasteiger partial charge is 0.342 e. The van der Waals surface area contributed by atoms with Crippen molar-refractivity contribution in [2.45, 2.75) is 25.2 Å². The summed E-state index contributed by atoms with van der Waals surface area (Å²) in [6, 6.07) is 5.98. The van der Waals surface area contributed by atoms with E-state index in [9.17, 15) is 0 Å². The molecule has 2 aliphatic heterocycles. The van der Waals surface area contributed by atoms with Gasteiger partial charge in [0.1, 0.15) is 0 Å². The molecule has 1 saturated heterocycles. The number of aromatic amines is 1. The molecule has 0 radical (unpaired) electrons. The molecule has 1 unspecified atom stereocenters. The van der Waals surface area contributed by atoms with E-state index in [2.05, 4.69) is 41.0 Å². The Hall–Kier alpha value is -2.65. The van der Waals surface area contributed by atoms with Crippen LogP contribution in [0.15, 0.2) is 34.4 Å². The van der Waals surface area contributed by atoms with Gasteiger partial charge in [-0.25, -0.2) is 0 Å². The molecule has 2 aliphatic rings. The third-order valence-electron chi connectivity index (χ3n) is 4.72. The minimum absolute atomic E-state index is 0.583. The molecule has 9 heteroatoms. The van der Waals surface area contributed by atoms with E-state index in [1.807, 2.05) is 18.2 Å². The highest BCUT2D eigenvalue weighted by molar-refractivity contribution is 6.07. The zero-order chi connectivity index (χ0) is 18.0. The van der Waals surface area contributed by atoms with E-state index in [-0.39, 0.29) is 0 Å². The molecule has 1 aromatic carbocycles. The number of likely N-dealkylation sites (tertiary alicyclic amines) is 1. The lowest BCUT2D eigenvalue weighted by atomic mass is 10.1. The standard InChI is InChI=1S/C17H24N8O/c1-18-17(26-2)22-15(21-16(23-17)25-8-4-3-5-9-25)20-13-6-7-14-12(10-13)11-19-24-14/h6-7,10-11,18H,3-5,8-9H2,1-2H3,(H,19,24)(H2,20,21,22,23). The molecule has 4 N–H and O–H groups in total. The number of ether oxygens (including phenoxy) is 1. The lowest BCUT2D eigenvalue weighted by Crippen LogP contribution is -2.57. The van der Waals surface area contributed by atoms with Gasteiger partial charge in [-0.3, -0.25) is 15.7 Å². The van der Waals surface area contributed by atoms with E-state index < -0.39 is 5.97 Å². The van der Waals surface area contributed by atoms with Crippen LogP contribution in [0.2, 0.25) is 0 Å². The summed E-state index contributed by atoms with van der Waals surface area (Å²) in [6.07, 6.45) is 5.38. The van der Waals surface area contributed by atoms with Crippen molar-refractivity contribution in [2.24, 2.45) is 9.98 Å². The molecule has 1 fully saturated rings. The number of piperidine rings is 1. The van der Waals surface area contributed by atoms with Gasteiger partial charge >= 0.3 is 5.97 Å². The second-order valence-electron chi connectivity index (χ2n) is 6.43. The Kier molecular flexibility index (Phi) is 4.48. The molecule has 0 saturated carbocycles. The van der Waals surface area contributed by atoms with E-state index in [4.69, 9.17) is 4.74 Å². The maximum absolute atomic E-state index is 5.57. The van der Waals surface area contributed by atoms with E-state index in [0.717, 1.165) is 48.5 Å². The van der Waals surface area contributed by atoms with Crippen molar-refractivity contribution in [2.75, 3.05) is 32.6 Å². The molecule has 9 nitrogen and oxygen atoms in total. The fraction of sp³-hybridized carbons (Fsp3) is 0.471. The summed E-state index contributed by atoms with van der Waals surface area (Å²) >= 11 is 0. The minimum Gasteiger partial charge on any atom is -0.342 e. The first-order chi connectivity index (χ1) is 12.7. The number of anilines is 1. The van der Waals surface area contributed by atoms with Crippen molar-refractivity contribution in [1.29, 1.82) is 0 Å². The van der Waals surface area contributed by atoms with Gasteiger partial charge in [-0.1, -0.05) is 0 Å². The first-order valence-electron chi connectivity index (χ1n) is 8.87. The average Bonchev–Trinajstić information content (AvgIpc) is 3.16. The summed E-state index contributed by atoms with van der Waals surface area (Å²) in [6.45, 7) is 1.95. The molecular weight excluding hydrogens is 332 g/mol. The average molecular weight is 356 g/mol. The zero-order valence-corrected chi connectivity index (χ0v) is 15.0. The SMILES string of the molecule is CNC1(OC)N=C(Nc2ccc3[nH]ncc3c2)NC(N2CCCCC2)=N1. The highest BCUT2D eigenvalue weighted by atomic mass is 16.5. The molecule has 0 bridgehead atoms. The molecule has 0 spiro atoms. The number of H-pyrrole nitrogens is 1. The number of rotatable bonds is 3. The number of methoxy groups -OCH3 is 1. The highest BCUT2D eigenvalue weighted by Crippen LogP contribution is 2.20. The number of hydrogen-bond donors (Lipinski definition) is 4. The van der Waals surface area contributed by atoms with Gasteiger partial charge in [0.15, 0.2) is 0 Å². The molecule has 2 aromatic rings. The van der Waals surface area contributed by atoms with E-state index in [1.54, 1.807) is 20.4 Å². The lowest BCUT2D eigenvalue weighted by molar-refractivity contribution is -0.0208. The Morgan fingerprint density at radius 2 is 2.04 bits per heavy atom. The maximum Gasteiger partial charge on any atom is 0.326 e. The Balaban J connectivity index is 1.60. The minimum atomic E-state index is -1.14. The number of aliphatic imine (C=N–C) groups is 2. The Morgan fingerprint density at radius 1 is 1.19 bits per heavy atom. The second-order valence-corrected chi connectivity index (χ2v) is 6.43. The van der Waals surface area contributed by atoms with Crippen LogP contribution in [0.4, 0.5) is 5.69 Å². The van der Waals surface area contributed by atoms with Crippen molar-refractivity contribution < 1.29 is 4.74 Å². The van der Waals surface area contributed by atoms with E-state index in [1.165, 1.54) is 6.42 Å². The first-order valence-corrected chi connectivity index (χ1v) is 8.87. The van der Waals surface area contributed by atoms with E-state index in [0.29, 0.717) is 5.96 Å². The van der Waals surface area contributed by atoms with Gasteiger partial charge in [0, 0.05) is 31.3 Å². The van der Waals surface area contributed by atoms with Crippen LogP contribution < -0.4 is 16.0 Å². The number of aromatic nitrogens is 2. The van der Waals surface area contributed by atoms with Gasteiger partial charge in [-0.05, 0) is 44.5 Å². The number of nitrogens with zero attached hydrogens (tertiary/aromatic N) is 4. The lowest BCUT2D eigenvalue weighted by Gasteiger charge is -2.36. The summed E-state index contributed by atoms with van der Waals surface area (Å²) in [4.78, 5) is 11.5. The van der Waals surface area contributed by atoms with Crippen molar-refractivity contribution in [1.82, 2.24) is 25.7 Å². The molecule has 1 aromatic heterocycles.